The van der Waals surface area contributed by atoms with E-state index in [2.05, 4.69) is 24.1 Å². The van der Waals surface area contributed by atoms with Crippen molar-refractivity contribution in [2.24, 2.45) is 0 Å². The normalized spacial score (nSPS) is 17.4. The van der Waals surface area contributed by atoms with Gasteiger partial charge in [-0.05, 0) is 18.6 Å². The van der Waals surface area contributed by atoms with Gasteiger partial charge in [-0.3, -0.25) is 4.79 Å². The Morgan fingerprint density at radius 3 is 2.91 bits per heavy atom. The van der Waals surface area contributed by atoms with E-state index in [1.165, 1.54) is 0 Å². The summed E-state index contributed by atoms with van der Waals surface area (Å²) in [5.41, 5.74) is 0.978. The van der Waals surface area contributed by atoms with Crippen LogP contribution in [0.1, 0.15) is 25.3 Å². The highest BCUT2D eigenvalue weighted by Gasteiger charge is 2.20. The van der Waals surface area contributed by atoms with E-state index in [0.29, 0.717) is 19.6 Å². The third-order valence-corrected chi connectivity index (χ3v) is 3.53. The maximum Gasteiger partial charge on any atom is 0.226 e. The quantitative estimate of drug-likeness (QED) is 0.841. The van der Waals surface area contributed by atoms with Crippen LogP contribution in [0.15, 0.2) is 30.3 Å². The fraction of sp³-hybridized carbons (Fsp3) is 0.500. The van der Waals surface area contributed by atoms with Gasteiger partial charge in [0.25, 0.3) is 0 Å². The summed E-state index contributed by atoms with van der Waals surface area (Å²) in [6.07, 6.45) is 1.35. The fourth-order valence-electron chi connectivity index (χ4n) is 2.40. The molecule has 0 spiro atoms. The van der Waals surface area contributed by atoms with Gasteiger partial charge in [0.1, 0.15) is 0 Å². The van der Waals surface area contributed by atoms with Gasteiger partial charge in [0.15, 0.2) is 0 Å². The molecule has 0 saturated carbocycles. The first kappa shape index (κ1) is 16.5. The summed E-state index contributed by atoms with van der Waals surface area (Å²) in [6.45, 7) is 5.58. The van der Waals surface area contributed by atoms with Crippen LogP contribution in [0.5, 0.6) is 0 Å². The minimum absolute atomic E-state index is 0.0114. The zero-order valence-electron chi connectivity index (χ0n) is 13.2. The molecule has 0 radical (unpaired) electrons. The number of morpholine rings is 1. The molecule has 1 atom stereocenters. The van der Waals surface area contributed by atoms with Crippen LogP contribution in [0.4, 0.5) is 0 Å². The number of carbonyl (C=O) groups is 1. The van der Waals surface area contributed by atoms with Crippen molar-refractivity contribution in [1.29, 1.82) is 0 Å². The van der Waals surface area contributed by atoms with Crippen LogP contribution < -0.4 is 5.32 Å². The van der Waals surface area contributed by atoms with Gasteiger partial charge < -0.3 is 15.0 Å². The molecule has 1 amide bonds. The van der Waals surface area contributed by atoms with Gasteiger partial charge in [0.2, 0.25) is 5.91 Å². The molecule has 22 heavy (non-hydrogen) atoms. The lowest BCUT2D eigenvalue weighted by atomic mass is 10.2. The molecule has 1 aliphatic rings. The highest BCUT2D eigenvalue weighted by molar-refractivity contribution is 5.77. The Kier molecular flexibility index (Phi) is 6.95. The van der Waals surface area contributed by atoms with E-state index in [9.17, 15) is 4.79 Å². The maximum atomic E-state index is 12.4. The Morgan fingerprint density at radius 2 is 2.23 bits per heavy atom. The lowest BCUT2D eigenvalue weighted by Gasteiger charge is -2.26. The van der Waals surface area contributed by atoms with Gasteiger partial charge >= 0.3 is 0 Å². The molecule has 1 aromatic rings. The second kappa shape index (κ2) is 9.24. The van der Waals surface area contributed by atoms with Crippen LogP contribution in [0.25, 0.3) is 0 Å². The number of rotatable bonds is 5. The topological polar surface area (TPSA) is 41.6 Å². The molecule has 1 N–H and O–H groups in total. The van der Waals surface area contributed by atoms with Gasteiger partial charge in [0.05, 0.1) is 25.7 Å². The highest BCUT2D eigenvalue weighted by Crippen LogP contribution is 2.06. The Labute approximate surface area is 132 Å². The summed E-state index contributed by atoms with van der Waals surface area (Å²) in [5.74, 6) is 6.33. The smallest absolute Gasteiger partial charge is 0.226 e. The largest absolute Gasteiger partial charge is 0.375 e. The predicted octanol–water partition coefficient (Wildman–Crippen LogP) is 1.66. The third-order valence-electron chi connectivity index (χ3n) is 3.53. The van der Waals surface area contributed by atoms with Gasteiger partial charge in [-0.15, -0.1) is 0 Å². The average molecular weight is 300 g/mol. The molecule has 4 nitrogen and oxygen atoms in total. The van der Waals surface area contributed by atoms with Gasteiger partial charge in [-0.2, -0.15) is 0 Å². The first-order valence-electron chi connectivity index (χ1n) is 7.93. The van der Waals surface area contributed by atoms with Crippen LogP contribution in [0.3, 0.4) is 0 Å². The van der Waals surface area contributed by atoms with Crippen LogP contribution >= 0.6 is 0 Å². The summed E-state index contributed by atoms with van der Waals surface area (Å²) < 4.78 is 5.60. The molecule has 0 aliphatic carbocycles. The van der Waals surface area contributed by atoms with Gasteiger partial charge in [-0.25, -0.2) is 0 Å². The van der Waals surface area contributed by atoms with Crippen molar-refractivity contribution in [3.05, 3.63) is 35.9 Å². The van der Waals surface area contributed by atoms with E-state index in [0.717, 1.165) is 31.6 Å². The summed E-state index contributed by atoms with van der Waals surface area (Å²) >= 11 is 0. The SMILES string of the molecule is CCCN(CC#Cc1ccccc1)C(=O)C[C@H]1CNCCO1. The second-order valence-corrected chi connectivity index (χ2v) is 5.38. The van der Waals surface area contributed by atoms with Crippen LogP contribution in [-0.4, -0.2) is 49.7 Å². The second-order valence-electron chi connectivity index (χ2n) is 5.38. The van der Waals surface area contributed by atoms with Crippen LogP contribution in [0, 0.1) is 11.8 Å². The molecule has 0 bridgehead atoms. The van der Waals surface area contributed by atoms with Gasteiger partial charge in [0, 0.05) is 25.2 Å². The van der Waals surface area contributed by atoms with Crippen molar-refractivity contribution in [3.8, 4) is 11.8 Å². The van der Waals surface area contributed by atoms with E-state index in [1.54, 1.807) is 0 Å². The zero-order chi connectivity index (χ0) is 15.6. The van der Waals surface area contributed by atoms with Crippen molar-refractivity contribution < 1.29 is 9.53 Å². The first-order chi connectivity index (χ1) is 10.8. The van der Waals surface area contributed by atoms with E-state index < -0.39 is 0 Å². The number of ether oxygens (including phenoxy) is 1. The molecular formula is C18H24N2O2. The van der Waals surface area contributed by atoms with E-state index in [4.69, 9.17) is 4.74 Å². The molecule has 0 unspecified atom stereocenters. The molecule has 1 fully saturated rings. The summed E-state index contributed by atoms with van der Waals surface area (Å²) in [7, 11) is 0. The third kappa shape index (κ3) is 5.51. The molecule has 1 heterocycles. The van der Waals surface area contributed by atoms with Gasteiger partial charge in [-0.1, -0.05) is 37.0 Å². The average Bonchev–Trinajstić information content (AvgIpc) is 2.56. The standard InChI is InChI=1S/C18H24N2O2/c1-2-11-20(12-6-9-16-7-4-3-5-8-16)18(21)14-17-15-19-10-13-22-17/h3-5,7-8,17,19H,2,10-15H2,1H3/t17-/m0/s1. The lowest BCUT2D eigenvalue weighted by molar-refractivity contribution is -0.134. The minimum Gasteiger partial charge on any atom is -0.375 e. The summed E-state index contributed by atoms with van der Waals surface area (Å²) in [4.78, 5) is 14.2. The number of carbonyl (C=O) groups excluding carboxylic acids is 1. The lowest BCUT2D eigenvalue weighted by Crippen LogP contribution is -2.42. The van der Waals surface area contributed by atoms with Crippen molar-refractivity contribution in [2.45, 2.75) is 25.9 Å². The number of nitrogens with one attached hydrogen (secondary N) is 1. The number of benzene rings is 1. The Bertz CT molecular complexity index is 513. The van der Waals surface area contributed by atoms with Crippen molar-refractivity contribution in [3.63, 3.8) is 0 Å². The Morgan fingerprint density at radius 1 is 1.41 bits per heavy atom. The number of hydrogen-bond acceptors (Lipinski definition) is 3. The number of amides is 1. The van der Waals surface area contributed by atoms with Crippen molar-refractivity contribution in [1.82, 2.24) is 10.2 Å². The molecule has 2 rings (SSSR count). The van der Waals surface area contributed by atoms with Crippen molar-refractivity contribution in [2.75, 3.05) is 32.8 Å². The van der Waals surface area contributed by atoms with Crippen molar-refractivity contribution >= 4 is 5.91 Å². The minimum atomic E-state index is -0.0114. The number of hydrogen-bond donors (Lipinski definition) is 1. The molecule has 1 aliphatic heterocycles. The van der Waals surface area contributed by atoms with Crippen LogP contribution in [-0.2, 0) is 9.53 Å². The Balaban J connectivity index is 1.88. The summed E-state index contributed by atoms with van der Waals surface area (Å²) in [6, 6.07) is 9.84. The summed E-state index contributed by atoms with van der Waals surface area (Å²) in [5, 5.41) is 3.25. The monoisotopic (exact) mass is 300 g/mol. The highest BCUT2D eigenvalue weighted by atomic mass is 16.5. The molecule has 118 valence electrons. The van der Waals surface area contributed by atoms with E-state index in [-0.39, 0.29) is 12.0 Å². The van der Waals surface area contributed by atoms with E-state index >= 15 is 0 Å². The fourth-order valence-corrected chi connectivity index (χ4v) is 2.40. The van der Waals surface area contributed by atoms with E-state index in [1.807, 2.05) is 35.2 Å². The van der Waals surface area contributed by atoms with Crippen LogP contribution in [0.2, 0.25) is 0 Å². The number of nitrogens with zero attached hydrogens (tertiary/aromatic N) is 1. The Hall–Kier alpha value is -1.83. The molecule has 4 heteroatoms. The molecule has 1 aromatic carbocycles. The first-order valence-corrected chi connectivity index (χ1v) is 7.93. The molecule has 1 saturated heterocycles. The predicted molar refractivity (Wildman–Crippen MR) is 87.4 cm³/mol. The maximum absolute atomic E-state index is 12.4. The molecule has 0 aromatic heterocycles. The molecular weight excluding hydrogens is 276 g/mol. The zero-order valence-corrected chi connectivity index (χ0v) is 13.2.